The van der Waals surface area contributed by atoms with E-state index in [2.05, 4.69) is 4.98 Å². The van der Waals surface area contributed by atoms with Crippen LogP contribution in [0, 0.1) is 0 Å². The third-order valence-corrected chi connectivity index (χ3v) is 2.10. The number of pyridine rings is 1. The fourth-order valence-corrected chi connectivity index (χ4v) is 1.31. The minimum atomic E-state index is -0.961. The highest BCUT2D eigenvalue weighted by Crippen LogP contribution is 2.09. The third-order valence-electron chi connectivity index (χ3n) is 2.10. The number of aliphatic carboxylic acids is 1. The van der Waals surface area contributed by atoms with E-state index in [4.69, 9.17) is 5.11 Å². The van der Waals surface area contributed by atoms with Gasteiger partial charge in [0.05, 0.1) is 6.42 Å². The van der Waals surface area contributed by atoms with Gasteiger partial charge in [-0.2, -0.15) is 0 Å². The summed E-state index contributed by atoms with van der Waals surface area (Å²) in [7, 11) is 0. The lowest BCUT2D eigenvalue weighted by Gasteiger charge is -2.03. The van der Waals surface area contributed by atoms with E-state index < -0.39 is 5.97 Å². The molecule has 0 aliphatic carbocycles. The average Bonchev–Trinajstić information content (AvgIpc) is 2.25. The van der Waals surface area contributed by atoms with Crippen LogP contribution >= 0.6 is 0 Å². The first-order valence-corrected chi connectivity index (χ1v) is 4.84. The van der Waals surface area contributed by atoms with Crippen LogP contribution in [0.3, 0.4) is 0 Å². The Morgan fingerprint density at radius 1 is 1.40 bits per heavy atom. The standard InChI is InChI=1S/C11H13NO3/c1-2-8-4-3-7-12-11(8)9(13)5-6-10(14)15/h3-4,7H,2,5-6H2,1H3,(H,14,15). The maximum Gasteiger partial charge on any atom is 0.303 e. The lowest BCUT2D eigenvalue weighted by molar-refractivity contribution is -0.136. The quantitative estimate of drug-likeness (QED) is 0.746. The molecule has 1 aromatic rings. The monoisotopic (exact) mass is 207 g/mol. The molecular weight excluding hydrogens is 194 g/mol. The van der Waals surface area contributed by atoms with Crippen LogP contribution in [0.4, 0.5) is 0 Å². The van der Waals surface area contributed by atoms with Crippen molar-refractivity contribution in [3.8, 4) is 0 Å². The predicted octanol–water partition coefficient (Wildman–Crippen LogP) is 1.69. The van der Waals surface area contributed by atoms with Crippen LogP contribution in [0.5, 0.6) is 0 Å². The SMILES string of the molecule is CCc1cccnc1C(=O)CCC(=O)O. The second kappa shape index (κ2) is 5.24. The number of Topliss-reactive ketones (excluding diaryl/α,β-unsaturated/α-hetero) is 1. The van der Waals surface area contributed by atoms with Gasteiger partial charge in [-0.15, -0.1) is 0 Å². The van der Waals surface area contributed by atoms with Crippen molar-refractivity contribution in [3.05, 3.63) is 29.6 Å². The summed E-state index contributed by atoms with van der Waals surface area (Å²) in [6, 6.07) is 3.60. The van der Waals surface area contributed by atoms with Crippen molar-refractivity contribution in [2.75, 3.05) is 0 Å². The number of hydrogen-bond acceptors (Lipinski definition) is 3. The summed E-state index contributed by atoms with van der Waals surface area (Å²) in [5.41, 5.74) is 1.27. The Morgan fingerprint density at radius 3 is 2.73 bits per heavy atom. The van der Waals surface area contributed by atoms with Gasteiger partial charge in [0.15, 0.2) is 5.78 Å². The summed E-state index contributed by atoms with van der Waals surface area (Å²) in [6.45, 7) is 1.94. The van der Waals surface area contributed by atoms with E-state index in [9.17, 15) is 9.59 Å². The van der Waals surface area contributed by atoms with Crippen LogP contribution in [-0.2, 0) is 11.2 Å². The highest BCUT2D eigenvalue weighted by atomic mass is 16.4. The highest BCUT2D eigenvalue weighted by molar-refractivity contribution is 5.96. The van der Waals surface area contributed by atoms with E-state index in [1.54, 1.807) is 12.3 Å². The molecule has 4 nitrogen and oxygen atoms in total. The predicted molar refractivity (Wildman–Crippen MR) is 54.8 cm³/mol. The maximum atomic E-state index is 11.6. The van der Waals surface area contributed by atoms with Crippen LogP contribution in [-0.4, -0.2) is 21.8 Å². The molecular formula is C11H13NO3. The molecule has 1 aromatic heterocycles. The van der Waals surface area contributed by atoms with Crippen LogP contribution in [0.15, 0.2) is 18.3 Å². The first-order valence-electron chi connectivity index (χ1n) is 4.84. The third kappa shape index (κ3) is 3.16. The van der Waals surface area contributed by atoms with Crippen LogP contribution in [0.1, 0.15) is 35.8 Å². The normalized spacial score (nSPS) is 9.93. The first-order chi connectivity index (χ1) is 7.15. The summed E-state index contributed by atoms with van der Waals surface area (Å²) < 4.78 is 0. The molecule has 4 heteroatoms. The molecule has 15 heavy (non-hydrogen) atoms. The van der Waals surface area contributed by atoms with Gasteiger partial charge in [-0.3, -0.25) is 14.6 Å². The van der Waals surface area contributed by atoms with Gasteiger partial charge in [0.1, 0.15) is 5.69 Å². The Morgan fingerprint density at radius 2 is 2.13 bits per heavy atom. The molecule has 0 aliphatic heterocycles. The van der Waals surface area contributed by atoms with Crippen molar-refractivity contribution >= 4 is 11.8 Å². The number of carbonyl (C=O) groups is 2. The molecule has 0 radical (unpaired) electrons. The van der Waals surface area contributed by atoms with E-state index in [0.717, 1.165) is 12.0 Å². The van der Waals surface area contributed by atoms with Crippen molar-refractivity contribution in [1.82, 2.24) is 4.98 Å². The molecule has 0 amide bonds. The zero-order valence-electron chi connectivity index (χ0n) is 8.56. The Balaban J connectivity index is 2.77. The summed E-state index contributed by atoms with van der Waals surface area (Å²) in [5.74, 6) is -1.16. The zero-order valence-corrected chi connectivity index (χ0v) is 8.56. The summed E-state index contributed by atoms with van der Waals surface area (Å²) in [4.78, 5) is 25.9. The van der Waals surface area contributed by atoms with Crippen molar-refractivity contribution in [2.24, 2.45) is 0 Å². The summed E-state index contributed by atoms with van der Waals surface area (Å²) in [5, 5.41) is 8.46. The van der Waals surface area contributed by atoms with Crippen LogP contribution in [0.25, 0.3) is 0 Å². The van der Waals surface area contributed by atoms with E-state index in [1.807, 2.05) is 13.0 Å². The number of aryl methyl sites for hydroxylation is 1. The van der Waals surface area contributed by atoms with Crippen molar-refractivity contribution < 1.29 is 14.7 Å². The molecule has 1 rings (SSSR count). The number of aromatic nitrogens is 1. The smallest absolute Gasteiger partial charge is 0.303 e. The van der Waals surface area contributed by atoms with E-state index in [0.29, 0.717) is 5.69 Å². The number of carboxylic acids is 1. The summed E-state index contributed by atoms with van der Waals surface area (Å²) in [6.07, 6.45) is 2.15. The lowest BCUT2D eigenvalue weighted by Crippen LogP contribution is -2.08. The van der Waals surface area contributed by atoms with Crippen molar-refractivity contribution in [2.45, 2.75) is 26.2 Å². The number of carboxylic acid groups (broad SMARTS) is 1. The molecule has 1 heterocycles. The minimum absolute atomic E-state index is 0.0132. The first kappa shape index (κ1) is 11.4. The molecule has 80 valence electrons. The zero-order chi connectivity index (χ0) is 11.3. The molecule has 0 unspecified atom stereocenters. The van der Waals surface area contributed by atoms with E-state index in [-0.39, 0.29) is 18.6 Å². The number of ketones is 1. The topological polar surface area (TPSA) is 67.3 Å². The van der Waals surface area contributed by atoms with Crippen molar-refractivity contribution in [3.63, 3.8) is 0 Å². The minimum Gasteiger partial charge on any atom is -0.481 e. The maximum absolute atomic E-state index is 11.6. The van der Waals surface area contributed by atoms with Crippen molar-refractivity contribution in [1.29, 1.82) is 0 Å². The van der Waals surface area contributed by atoms with Gasteiger partial charge in [-0.25, -0.2) is 0 Å². The van der Waals surface area contributed by atoms with Gasteiger partial charge in [0, 0.05) is 12.6 Å². The van der Waals surface area contributed by atoms with Gasteiger partial charge >= 0.3 is 5.97 Å². The van der Waals surface area contributed by atoms with Gasteiger partial charge in [-0.1, -0.05) is 13.0 Å². The Bertz CT molecular complexity index is 374. The molecule has 0 aliphatic rings. The van der Waals surface area contributed by atoms with Gasteiger partial charge in [0.2, 0.25) is 0 Å². The summed E-state index contributed by atoms with van der Waals surface area (Å²) >= 11 is 0. The molecule has 0 spiro atoms. The number of hydrogen-bond donors (Lipinski definition) is 1. The molecule has 0 saturated heterocycles. The Labute approximate surface area is 88.0 Å². The molecule has 0 saturated carbocycles. The second-order valence-corrected chi connectivity index (χ2v) is 3.18. The number of rotatable bonds is 5. The molecule has 1 N–H and O–H groups in total. The molecule has 0 atom stereocenters. The van der Waals surface area contributed by atoms with Gasteiger partial charge in [-0.05, 0) is 18.1 Å². The highest BCUT2D eigenvalue weighted by Gasteiger charge is 2.12. The van der Waals surface area contributed by atoms with Gasteiger partial charge in [0.25, 0.3) is 0 Å². The largest absolute Gasteiger partial charge is 0.481 e. The van der Waals surface area contributed by atoms with Crippen LogP contribution < -0.4 is 0 Å². The molecule has 0 bridgehead atoms. The number of nitrogens with zero attached hydrogens (tertiary/aromatic N) is 1. The van der Waals surface area contributed by atoms with E-state index >= 15 is 0 Å². The Hall–Kier alpha value is -1.71. The molecule has 0 aromatic carbocycles. The fourth-order valence-electron chi connectivity index (χ4n) is 1.31. The average molecular weight is 207 g/mol. The Kier molecular flexibility index (Phi) is 3.97. The lowest BCUT2D eigenvalue weighted by atomic mass is 10.1. The van der Waals surface area contributed by atoms with E-state index in [1.165, 1.54) is 0 Å². The molecule has 0 fully saturated rings. The fraction of sp³-hybridized carbons (Fsp3) is 0.364. The van der Waals surface area contributed by atoms with Gasteiger partial charge < -0.3 is 5.11 Å². The van der Waals surface area contributed by atoms with Crippen LogP contribution in [0.2, 0.25) is 0 Å². The second-order valence-electron chi connectivity index (χ2n) is 3.18. The number of carbonyl (C=O) groups excluding carboxylic acids is 1.